The van der Waals surface area contributed by atoms with Gasteiger partial charge in [0, 0.05) is 12.6 Å². The van der Waals surface area contributed by atoms with Gasteiger partial charge in [-0.2, -0.15) is 0 Å². The highest BCUT2D eigenvalue weighted by atomic mass is 19.1. The molecule has 0 atom stereocenters. The normalized spacial score (nSPS) is 9.69. The number of amides is 1. The molecule has 86 valence electrons. The first-order valence-corrected chi connectivity index (χ1v) is 4.79. The van der Waals surface area contributed by atoms with Crippen LogP contribution in [0.3, 0.4) is 0 Å². The molecule has 0 unspecified atom stereocenters. The Balaban J connectivity index is 2.91. The molecular formula is C11H12FNO3. The minimum Gasteiger partial charge on any atom is -0.462 e. The fourth-order valence-electron chi connectivity index (χ4n) is 1.17. The number of benzene rings is 1. The van der Waals surface area contributed by atoms with Crippen molar-refractivity contribution in [1.29, 1.82) is 0 Å². The summed E-state index contributed by atoms with van der Waals surface area (Å²) >= 11 is 0. The summed E-state index contributed by atoms with van der Waals surface area (Å²) in [7, 11) is 0. The summed E-state index contributed by atoms with van der Waals surface area (Å²) in [5, 5.41) is 2.41. The Kier molecular flexibility index (Phi) is 3.99. The zero-order valence-electron chi connectivity index (χ0n) is 9.04. The first kappa shape index (κ1) is 12.2. The van der Waals surface area contributed by atoms with Gasteiger partial charge < -0.3 is 10.1 Å². The molecule has 0 radical (unpaired) electrons. The minimum atomic E-state index is -0.718. The van der Waals surface area contributed by atoms with Crippen LogP contribution in [0.1, 0.15) is 24.2 Å². The maximum atomic E-state index is 13.4. The van der Waals surface area contributed by atoms with Gasteiger partial charge in [0.15, 0.2) is 0 Å². The van der Waals surface area contributed by atoms with Crippen LogP contribution in [0.15, 0.2) is 18.2 Å². The van der Waals surface area contributed by atoms with Gasteiger partial charge in [-0.1, -0.05) is 0 Å². The van der Waals surface area contributed by atoms with Gasteiger partial charge in [-0.05, 0) is 25.1 Å². The predicted molar refractivity (Wildman–Crippen MR) is 56.7 cm³/mol. The van der Waals surface area contributed by atoms with Gasteiger partial charge in [-0.15, -0.1) is 0 Å². The SMILES string of the molecule is CCOC(=O)c1ccc(NC(C)=O)cc1F. The smallest absolute Gasteiger partial charge is 0.341 e. The van der Waals surface area contributed by atoms with Gasteiger partial charge in [0.2, 0.25) is 5.91 Å². The van der Waals surface area contributed by atoms with Gasteiger partial charge in [-0.3, -0.25) is 4.79 Å². The maximum absolute atomic E-state index is 13.4. The molecular weight excluding hydrogens is 213 g/mol. The summed E-state index contributed by atoms with van der Waals surface area (Å²) in [6, 6.07) is 3.79. The van der Waals surface area contributed by atoms with Crippen LogP contribution < -0.4 is 5.32 Å². The number of rotatable bonds is 3. The van der Waals surface area contributed by atoms with E-state index in [0.29, 0.717) is 5.69 Å². The monoisotopic (exact) mass is 225 g/mol. The predicted octanol–water partition coefficient (Wildman–Crippen LogP) is 1.96. The van der Waals surface area contributed by atoms with Crippen LogP contribution >= 0.6 is 0 Å². The van der Waals surface area contributed by atoms with Crippen molar-refractivity contribution in [3.8, 4) is 0 Å². The number of hydrogen-bond donors (Lipinski definition) is 1. The van der Waals surface area contributed by atoms with Crippen LogP contribution in [0.25, 0.3) is 0 Å². The molecule has 1 aromatic carbocycles. The molecule has 0 aliphatic heterocycles. The van der Waals surface area contributed by atoms with E-state index >= 15 is 0 Å². The first-order chi connectivity index (χ1) is 7.54. The molecule has 1 aromatic rings. The molecule has 0 heterocycles. The molecule has 16 heavy (non-hydrogen) atoms. The van der Waals surface area contributed by atoms with Gasteiger partial charge in [0.1, 0.15) is 5.82 Å². The van der Waals surface area contributed by atoms with Crippen molar-refractivity contribution in [3.63, 3.8) is 0 Å². The summed E-state index contributed by atoms with van der Waals surface area (Å²) in [6.07, 6.45) is 0. The summed E-state index contributed by atoms with van der Waals surface area (Å²) in [4.78, 5) is 22.0. The second kappa shape index (κ2) is 5.25. The molecule has 1 amide bonds. The number of carbonyl (C=O) groups is 2. The second-order valence-electron chi connectivity index (χ2n) is 3.10. The number of ether oxygens (including phenoxy) is 1. The average molecular weight is 225 g/mol. The molecule has 0 fully saturated rings. The van der Waals surface area contributed by atoms with Gasteiger partial charge in [-0.25, -0.2) is 9.18 Å². The fourth-order valence-corrected chi connectivity index (χ4v) is 1.17. The summed E-state index contributed by atoms with van der Waals surface area (Å²) < 4.78 is 18.1. The molecule has 0 aromatic heterocycles. The van der Waals surface area contributed by atoms with Crippen molar-refractivity contribution in [2.45, 2.75) is 13.8 Å². The minimum absolute atomic E-state index is 0.143. The third kappa shape index (κ3) is 3.05. The number of halogens is 1. The molecule has 0 saturated carbocycles. The van der Waals surface area contributed by atoms with E-state index in [9.17, 15) is 14.0 Å². The highest BCUT2D eigenvalue weighted by Crippen LogP contribution is 2.15. The van der Waals surface area contributed by atoms with Gasteiger partial charge >= 0.3 is 5.97 Å². The first-order valence-electron chi connectivity index (χ1n) is 4.79. The van der Waals surface area contributed by atoms with E-state index in [0.717, 1.165) is 6.07 Å². The Labute approximate surface area is 92.4 Å². The number of nitrogens with one attached hydrogen (secondary N) is 1. The van der Waals surface area contributed by atoms with Crippen LogP contribution in [0, 0.1) is 5.82 Å². The molecule has 0 spiro atoms. The third-order valence-corrected chi connectivity index (χ3v) is 1.78. The molecule has 1 N–H and O–H groups in total. The Morgan fingerprint density at radius 1 is 1.44 bits per heavy atom. The highest BCUT2D eigenvalue weighted by Gasteiger charge is 2.13. The number of hydrogen-bond acceptors (Lipinski definition) is 3. The van der Waals surface area contributed by atoms with Crippen molar-refractivity contribution in [2.24, 2.45) is 0 Å². The Bertz CT molecular complexity index is 418. The van der Waals surface area contributed by atoms with E-state index < -0.39 is 11.8 Å². The van der Waals surface area contributed by atoms with E-state index in [1.807, 2.05) is 0 Å². The molecule has 0 saturated heterocycles. The average Bonchev–Trinajstić information content (AvgIpc) is 2.16. The molecule has 0 aliphatic carbocycles. The lowest BCUT2D eigenvalue weighted by atomic mass is 10.2. The Hall–Kier alpha value is -1.91. The Morgan fingerprint density at radius 3 is 2.62 bits per heavy atom. The summed E-state index contributed by atoms with van der Waals surface area (Å²) in [5.41, 5.74) is 0.161. The number of esters is 1. The molecule has 4 nitrogen and oxygen atoms in total. The van der Waals surface area contributed by atoms with E-state index in [1.54, 1.807) is 6.92 Å². The van der Waals surface area contributed by atoms with Crippen LogP contribution in [0.5, 0.6) is 0 Å². The van der Waals surface area contributed by atoms with E-state index in [2.05, 4.69) is 10.1 Å². The van der Waals surface area contributed by atoms with Gasteiger partial charge in [0.25, 0.3) is 0 Å². The van der Waals surface area contributed by atoms with Gasteiger partial charge in [0.05, 0.1) is 12.2 Å². The van der Waals surface area contributed by atoms with Crippen molar-refractivity contribution < 1.29 is 18.7 Å². The molecule has 5 heteroatoms. The molecule has 0 aliphatic rings. The topological polar surface area (TPSA) is 55.4 Å². The lowest BCUT2D eigenvalue weighted by Gasteiger charge is -2.05. The van der Waals surface area contributed by atoms with Crippen molar-refractivity contribution >= 4 is 17.6 Å². The molecule has 0 bridgehead atoms. The fraction of sp³-hybridized carbons (Fsp3) is 0.273. The number of carbonyl (C=O) groups excluding carboxylic acids is 2. The molecule has 1 rings (SSSR count). The van der Waals surface area contributed by atoms with Crippen molar-refractivity contribution in [2.75, 3.05) is 11.9 Å². The zero-order valence-corrected chi connectivity index (χ0v) is 9.04. The van der Waals surface area contributed by atoms with Crippen LogP contribution in [0.2, 0.25) is 0 Å². The second-order valence-corrected chi connectivity index (χ2v) is 3.10. The summed E-state index contributed by atoms with van der Waals surface area (Å²) in [5.74, 6) is -1.73. The van der Waals surface area contributed by atoms with E-state index in [4.69, 9.17) is 0 Å². The van der Waals surface area contributed by atoms with E-state index in [-0.39, 0.29) is 18.1 Å². The zero-order chi connectivity index (χ0) is 12.1. The van der Waals surface area contributed by atoms with Crippen molar-refractivity contribution in [3.05, 3.63) is 29.6 Å². The van der Waals surface area contributed by atoms with Crippen LogP contribution in [-0.4, -0.2) is 18.5 Å². The lowest BCUT2D eigenvalue weighted by Crippen LogP contribution is -2.09. The maximum Gasteiger partial charge on any atom is 0.341 e. The highest BCUT2D eigenvalue weighted by molar-refractivity contribution is 5.92. The van der Waals surface area contributed by atoms with Crippen LogP contribution in [0.4, 0.5) is 10.1 Å². The Morgan fingerprint density at radius 2 is 2.12 bits per heavy atom. The standard InChI is InChI=1S/C11H12FNO3/c1-3-16-11(15)9-5-4-8(6-10(9)12)13-7(2)14/h4-6H,3H2,1-2H3,(H,13,14). The quantitative estimate of drug-likeness (QED) is 0.800. The van der Waals surface area contributed by atoms with Crippen LogP contribution in [-0.2, 0) is 9.53 Å². The third-order valence-electron chi connectivity index (χ3n) is 1.78. The number of anilines is 1. The largest absolute Gasteiger partial charge is 0.462 e. The lowest BCUT2D eigenvalue weighted by molar-refractivity contribution is -0.114. The summed E-state index contributed by atoms with van der Waals surface area (Å²) in [6.45, 7) is 3.14. The van der Waals surface area contributed by atoms with Crippen molar-refractivity contribution in [1.82, 2.24) is 0 Å². The van der Waals surface area contributed by atoms with E-state index in [1.165, 1.54) is 19.1 Å².